The molecule has 94 valence electrons. The zero-order valence-electron chi connectivity index (χ0n) is 9.67. The van der Waals surface area contributed by atoms with Gasteiger partial charge >= 0.3 is 0 Å². The SMILES string of the molecule is O=C1CCC(=O)N1CCc1ccc([N+](=O)[O-])cc1. The van der Waals surface area contributed by atoms with E-state index in [2.05, 4.69) is 0 Å². The molecule has 1 aromatic rings. The highest BCUT2D eigenvalue weighted by molar-refractivity contribution is 6.01. The number of benzene rings is 1. The molecule has 6 nitrogen and oxygen atoms in total. The summed E-state index contributed by atoms with van der Waals surface area (Å²) in [5.74, 6) is -0.274. The highest BCUT2D eigenvalue weighted by Gasteiger charge is 2.28. The summed E-state index contributed by atoms with van der Waals surface area (Å²) in [5.41, 5.74) is 0.903. The van der Waals surface area contributed by atoms with Gasteiger partial charge in [-0.15, -0.1) is 0 Å². The van der Waals surface area contributed by atoms with Crippen LogP contribution in [0.3, 0.4) is 0 Å². The Morgan fingerprint density at radius 3 is 2.17 bits per heavy atom. The Labute approximate surface area is 103 Å². The van der Waals surface area contributed by atoms with E-state index in [0.29, 0.717) is 25.8 Å². The summed E-state index contributed by atoms with van der Waals surface area (Å²) in [5, 5.41) is 10.5. The van der Waals surface area contributed by atoms with Crippen molar-refractivity contribution in [3.63, 3.8) is 0 Å². The van der Waals surface area contributed by atoms with Crippen molar-refractivity contribution in [2.24, 2.45) is 0 Å². The Morgan fingerprint density at radius 2 is 1.67 bits per heavy atom. The molecule has 0 radical (unpaired) electrons. The molecule has 0 aliphatic carbocycles. The molecule has 2 rings (SSSR count). The minimum Gasteiger partial charge on any atom is -0.282 e. The minimum atomic E-state index is -0.461. The first-order chi connectivity index (χ1) is 8.58. The number of imide groups is 1. The molecule has 0 bridgehead atoms. The summed E-state index contributed by atoms with van der Waals surface area (Å²) in [6.07, 6.45) is 1.10. The van der Waals surface area contributed by atoms with Gasteiger partial charge < -0.3 is 0 Å². The van der Waals surface area contributed by atoms with Crippen molar-refractivity contribution >= 4 is 17.5 Å². The average Bonchev–Trinajstić information content (AvgIpc) is 2.67. The number of nitrogens with zero attached hydrogens (tertiary/aromatic N) is 2. The third-order valence-corrected chi connectivity index (χ3v) is 2.93. The lowest BCUT2D eigenvalue weighted by Crippen LogP contribution is -2.31. The van der Waals surface area contributed by atoms with Gasteiger partial charge in [0, 0.05) is 31.5 Å². The van der Waals surface area contributed by atoms with Gasteiger partial charge in [0.15, 0.2) is 0 Å². The smallest absolute Gasteiger partial charge is 0.269 e. The van der Waals surface area contributed by atoms with E-state index in [1.54, 1.807) is 12.1 Å². The van der Waals surface area contributed by atoms with Crippen LogP contribution in [0.15, 0.2) is 24.3 Å². The first-order valence-corrected chi connectivity index (χ1v) is 5.64. The summed E-state index contributed by atoms with van der Waals surface area (Å²) in [4.78, 5) is 34.0. The van der Waals surface area contributed by atoms with Crippen molar-refractivity contribution in [2.45, 2.75) is 19.3 Å². The second-order valence-corrected chi connectivity index (χ2v) is 4.11. The van der Waals surface area contributed by atoms with Crippen molar-refractivity contribution in [3.05, 3.63) is 39.9 Å². The van der Waals surface area contributed by atoms with Gasteiger partial charge in [-0.3, -0.25) is 24.6 Å². The topological polar surface area (TPSA) is 80.5 Å². The quantitative estimate of drug-likeness (QED) is 0.456. The predicted molar refractivity (Wildman–Crippen MR) is 62.8 cm³/mol. The van der Waals surface area contributed by atoms with Crippen LogP contribution in [0.25, 0.3) is 0 Å². The molecular weight excluding hydrogens is 236 g/mol. The average molecular weight is 248 g/mol. The number of hydrogen-bond acceptors (Lipinski definition) is 4. The van der Waals surface area contributed by atoms with Crippen LogP contribution in [0.4, 0.5) is 5.69 Å². The first kappa shape index (κ1) is 12.2. The van der Waals surface area contributed by atoms with Gasteiger partial charge in [0.2, 0.25) is 11.8 Å². The van der Waals surface area contributed by atoms with E-state index in [4.69, 9.17) is 0 Å². The van der Waals surface area contributed by atoms with Gasteiger partial charge in [0.25, 0.3) is 5.69 Å². The number of nitro groups is 1. The fourth-order valence-corrected chi connectivity index (χ4v) is 1.90. The zero-order chi connectivity index (χ0) is 13.1. The molecule has 1 aliphatic heterocycles. The maximum Gasteiger partial charge on any atom is 0.269 e. The molecule has 0 unspecified atom stereocenters. The minimum absolute atomic E-state index is 0.0343. The van der Waals surface area contributed by atoms with Crippen LogP contribution in [0.1, 0.15) is 18.4 Å². The third-order valence-electron chi connectivity index (χ3n) is 2.93. The number of rotatable bonds is 4. The number of non-ortho nitro benzene ring substituents is 1. The Bertz CT molecular complexity index is 479. The summed E-state index contributed by atoms with van der Waals surface area (Å²) in [6.45, 7) is 0.343. The van der Waals surface area contributed by atoms with Crippen LogP contribution in [-0.4, -0.2) is 28.2 Å². The number of carbonyl (C=O) groups excluding carboxylic acids is 2. The second kappa shape index (κ2) is 4.95. The number of amides is 2. The van der Waals surface area contributed by atoms with Gasteiger partial charge in [-0.25, -0.2) is 0 Å². The van der Waals surface area contributed by atoms with Gasteiger partial charge in [-0.2, -0.15) is 0 Å². The van der Waals surface area contributed by atoms with Crippen molar-refractivity contribution < 1.29 is 14.5 Å². The normalized spacial score (nSPS) is 15.2. The van der Waals surface area contributed by atoms with Crippen LogP contribution in [0, 0.1) is 10.1 Å². The van der Waals surface area contributed by atoms with Crippen molar-refractivity contribution in [3.8, 4) is 0 Å². The molecular formula is C12H12N2O4. The van der Waals surface area contributed by atoms with Gasteiger partial charge in [0.1, 0.15) is 0 Å². The van der Waals surface area contributed by atoms with Gasteiger partial charge in [0.05, 0.1) is 4.92 Å². The molecule has 0 N–H and O–H groups in total. The van der Waals surface area contributed by atoms with Crippen LogP contribution < -0.4 is 0 Å². The van der Waals surface area contributed by atoms with Gasteiger partial charge in [-0.05, 0) is 12.0 Å². The highest BCUT2D eigenvalue weighted by Crippen LogP contribution is 2.15. The van der Waals surface area contributed by atoms with Crippen LogP contribution in [-0.2, 0) is 16.0 Å². The summed E-state index contributed by atoms with van der Waals surface area (Å²) in [6, 6.07) is 6.12. The molecule has 1 aliphatic rings. The van der Waals surface area contributed by atoms with Crippen LogP contribution in [0.2, 0.25) is 0 Å². The van der Waals surface area contributed by atoms with E-state index in [9.17, 15) is 19.7 Å². The highest BCUT2D eigenvalue weighted by atomic mass is 16.6. The largest absolute Gasteiger partial charge is 0.282 e. The molecule has 1 heterocycles. The molecule has 0 spiro atoms. The number of likely N-dealkylation sites (tertiary alicyclic amines) is 1. The Balaban J connectivity index is 1.96. The van der Waals surface area contributed by atoms with Crippen molar-refractivity contribution in [1.82, 2.24) is 4.90 Å². The lowest BCUT2D eigenvalue weighted by Gasteiger charge is -2.13. The fraction of sp³-hybridized carbons (Fsp3) is 0.333. The van der Waals surface area contributed by atoms with E-state index in [1.807, 2.05) is 0 Å². The number of hydrogen-bond donors (Lipinski definition) is 0. The Hall–Kier alpha value is -2.24. The predicted octanol–water partition coefficient (Wildman–Crippen LogP) is 1.29. The van der Waals surface area contributed by atoms with E-state index >= 15 is 0 Å². The first-order valence-electron chi connectivity index (χ1n) is 5.64. The molecule has 0 aromatic heterocycles. The number of nitro benzene ring substituents is 1. The lowest BCUT2D eigenvalue weighted by molar-refractivity contribution is -0.384. The molecule has 6 heteroatoms. The van der Waals surface area contributed by atoms with Crippen LogP contribution >= 0.6 is 0 Å². The molecule has 0 atom stereocenters. The van der Waals surface area contributed by atoms with Crippen molar-refractivity contribution in [2.75, 3.05) is 6.54 Å². The van der Waals surface area contributed by atoms with Gasteiger partial charge in [-0.1, -0.05) is 12.1 Å². The second-order valence-electron chi connectivity index (χ2n) is 4.11. The summed E-state index contributed by atoms with van der Waals surface area (Å²) >= 11 is 0. The monoisotopic (exact) mass is 248 g/mol. The Kier molecular flexibility index (Phi) is 3.36. The van der Waals surface area contributed by atoms with Crippen molar-refractivity contribution in [1.29, 1.82) is 0 Å². The number of carbonyl (C=O) groups is 2. The maximum absolute atomic E-state index is 11.4. The van der Waals surface area contributed by atoms with E-state index in [-0.39, 0.29) is 17.5 Å². The lowest BCUT2D eigenvalue weighted by atomic mass is 10.1. The molecule has 18 heavy (non-hydrogen) atoms. The van der Waals surface area contributed by atoms with E-state index in [0.717, 1.165) is 5.56 Å². The molecule has 1 aromatic carbocycles. The zero-order valence-corrected chi connectivity index (χ0v) is 9.67. The molecule has 1 fully saturated rings. The summed E-state index contributed by atoms with van der Waals surface area (Å²) < 4.78 is 0. The third kappa shape index (κ3) is 2.53. The Morgan fingerprint density at radius 1 is 1.11 bits per heavy atom. The fourth-order valence-electron chi connectivity index (χ4n) is 1.90. The molecule has 0 saturated carbocycles. The molecule has 1 saturated heterocycles. The molecule has 2 amide bonds. The van der Waals surface area contributed by atoms with E-state index < -0.39 is 4.92 Å². The maximum atomic E-state index is 11.4. The van der Waals surface area contributed by atoms with Crippen LogP contribution in [0.5, 0.6) is 0 Å². The standard InChI is InChI=1S/C12H12N2O4/c15-11-5-6-12(16)13(11)8-7-9-1-3-10(4-2-9)14(17)18/h1-4H,5-8H2. The van der Waals surface area contributed by atoms with E-state index in [1.165, 1.54) is 17.0 Å². The summed E-state index contributed by atoms with van der Waals surface area (Å²) in [7, 11) is 0.